The molecule has 1 aromatic carbocycles. The first-order chi connectivity index (χ1) is 15.8. The van der Waals surface area contributed by atoms with Crippen LogP contribution in [0.5, 0.6) is 0 Å². The number of ether oxygens (including phenoxy) is 2. The van der Waals surface area contributed by atoms with Gasteiger partial charge in [0.2, 0.25) is 0 Å². The van der Waals surface area contributed by atoms with Gasteiger partial charge in [0.15, 0.2) is 6.61 Å². The minimum atomic E-state index is -0.504. The van der Waals surface area contributed by atoms with Crippen LogP contribution in [0.25, 0.3) is 22.2 Å². The van der Waals surface area contributed by atoms with Crippen molar-refractivity contribution in [1.29, 1.82) is 0 Å². The second-order valence-corrected chi connectivity index (χ2v) is 8.39. The highest BCUT2D eigenvalue weighted by atomic mass is 35.5. The highest BCUT2D eigenvalue weighted by molar-refractivity contribution is 6.45. The first-order valence-electron chi connectivity index (χ1n) is 10.4. The molecule has 1 N–H and O–H groups in total. The third kappa shape index (κ3) is 4.69. The Hall–Kier alpha value is -3.04. The molecule has 1 aliphatic rings. The average molecular weight is 493 g/mol. The van der Waals surface area contributed by atoms with Crippen LogP contribution in [-0.4, -0.2) is 57.3 Å². The summed E-state index contributed by atoms with van der Waals surface area (Å²) in [5.74, 6) is -1.16. The third-order valence-electron chi connectivity index (χ3n) is 5.41. The summed E-state index contributed by atoms with van der Waals surface area (Å²) in [6.45, 7) is 3.79. The molecule has 0 spiro atoms. The van der Waals surface area contributed by atoms with Crippen LogP contribution in [0.2, 0.25) is 10.0 Å². The van der Waals surface area contributed by atoms with E-state index in [1.807, 2.05) is 0 Å². The Labute approximate surface area is 199 Å². The molecule has 9 nitrogen and oxygen atoms in total. The number of halogens is 2. The van der Waals surface area contributed by atoms with E-state index in [1.54, 1.807) is 30.2 Å². The Balaban J connectivity index is 1.72. The zero-order valence-corrected chi connectivity index (χ0v) is 19.6. The molecule has 1 aliphatic heterocycles. The maximum Gasteiger partial charge on any atom is 0.327 e. The van der Waals surface area contributed by atoms with Gasteiger partial charge in [-0.1, -0.05) is 23.2 Å². The molecule has 0 atom stereocenters. The molecule has 174 valence electrons. The SMILES string of the molecule is CCOC(=O)Cn1ccc(-c2cc(Cl)c(Cl)c3[nH]c4c(c23)CN(C(=O)COC(C)=O)CC4)n1. The van der Waals surface area contributed by atoms with Crippen LogP contribution in [0.15, 0.2) is 18.3 Å². The molecule has 0 unspecified atom stereocenters. The molecule has 0 saturated heterocycles. The molecule has 4 rings (SSSR count). The summed E-state index contributed by atoms with van der Waals surface area (Å²) in [6.07, 6.45) is 2.27. The van der Waals surface area contributed by atoms with Gasteiger partial charge in [-0.15, -0.1) is 0 Å². The van der Waals surface area contributed by atoms with E-state index in [1.165, 1.54) is 11.6 Å². The van der Waals surface area contributed by atoms with Crippen molar-refractivity contribution in [2.45, 2.75) is 33.4 Å². The Morgan fingerprint density at radius 1 is 1.24 bits per heavy atom. The van der Waals surface area contributed by atoms with E-state index in [-0.39, 0.29) is 25.0 Å². The number of aromatic amines is 1. The zero-order valence-electron chi connectivity index (χ0n) is 18.1. The largest absolute Gasteiger partial charge is 0.465 e. The number of carbonyl (C=O) groups excluding carboxylic acids is 3. The Bertz CT molecular complexity index is 1250. The number of esters is 2. The second-order valence-electron chi connectivity index (χ2n) is 7.60. The third-order valence-corrected chi connectivity index (χ3v) is 6.19. The summed E-state index contributed by atoms with van der Waals surface area (Å²) < 4.78 is 11.3. The maximum atomic E-state index is 12.5. The molecule has 3 heterocycles. The van der Waals surface area contributed by atoms with E-state index in [9.17, 15) is 14.4 Å². The fourth-order valence-electron chi connectivity index (χ4n) is 3.94. The number of H-pyrrole nitrogens is 1. The van der Waals surface area contributed by atoms with Crippen molar-refractivity contribution in [2.24, 2.45) is 0 Å². The van der Waals surface area contributed by atoms with Crippen LogP contribution in [0.3, 0.4) is 0 Å². The monoisotopic (exact) mass is 492 g/mol. The standard InChI is InChI=1S/C22H22Cl2N4O5/c1-3-32-19(31)10-28-7-5-17(26-28)13-8-15(23)21(24)22-20(13)14-9-27(6-4-16(14)25-22)18(30)11-33-12(2)29/h5,7-8,25H,3-4,6,9-11H2,1-2H3. The van der Waals surface area contributed by atoms with Crippen molar-refractivity contribution in [3.63, 3.8) is 0 Å². The van der Waals surface area contributed by atoms with Gasteiger partial charge < -0.3 is 19.4 Å². The normalized spacial score (nSPS) is 13.2. The van der Waals surface area contributed by atoms with Crippen LogP contribution in [0, 0.1) is 0 Å². The molecule has 0 bridgehead atoms. The van der Waals surface area contributed by atoms with E-state index < -0.39 is 5.97 Å². The summed E-state index contributed by atoms with van der Waals surface area (Å²) in [5, 5.41) is 6.07. The van der Waals surface area contributed by atoms with Gasteiger partial charge in [0.05, 0.1) is 27.9 Å². The highest BCUT2D eigenvalue weighted by Crippen LogP contribution is 2.41. The predicted octanol–water partition coefficient (Wildman–Crippen LogP) is 3.35. The van der Waals surface area contributed by atoms with Gasteiger partial charge in [-0.2, -0.15) is 5.10 Å². The molecule has 33 heavy (non-hydrogen) atoms. The Kier molecular flexibility index (Phi) is 6.62. The molecular weight excluding hydrogens is 471 g/mol. The van der Waals surface area contributed by atoms with Crippen molar-refractivity contribution < 1.29 is 23.9 Å². The summed E-state index contributed by atoms with van der Waals surface area (Å²) in [6, 6.07) is 3.51. The van der Waals surface area contributed by atoms with Crippen LogP contribution >= 0.6 is 23.2 Å². The van der Waals surface area contributed by atoms with Crippen molar-refractivity contribution in [2.75, 3.05) is 19.8 Å². The second kappa shape index (κ2) is 9.44. The van der Waals surface area contributed by atoms with Gasteiger partial charge in [-0.05, 0) is 19.1 Å². The van der Waals surface area contributed by atoms with E-state index in [2.05, 4.69) is 10.1 Å². The Morgan fingerprint density at radius 3 is 2.76 bits per heavy atom. The van der Waals surface area contributed by atoms with Gasteiger partial charge in [0.1, 0.15) is 6.54 Å². The fourth-order valence-corrected chi connectivity index (χ4v) is 4.34. The zero-order chi connectivity index (χ0) is 23.7. The minimum Gasteiger partial charge on any atom is -0.465 e. The summed E-state index contributed by atoms with van der Waals surface area (Å²) >= 11 is 12.9. The number of hydrogen-bond donors (Lipinski definition) is 1. The lowest BCUT2D eigenvalue weighted by molar-refractivity contribution is -0.150. The van der Waals surface area contributed by atoms with Gasteiger partial charge >= 0.3 is 11.9 Å². The first-order valence-corrected chi connectivity index (χ1v) is 11.2. The van der Waals surface area contributed by atoms with Crippen LogP contribution < -0.4 is 0 Å². The van der Waals surface area contributed by atoms with E-state index in [0.29, 0.717) is 47.4 Å². The molecule has 0 saturated carbocycles. The smallest absolute Gasteiger partial charge is 0.327 e. The Morgan fingerprint density at radius 2 is 2.03 bits per heavy atom. The van der Waals surface area contributed by atoms with E-state index in [0.717, 1.165) is 22.2 Å². The van der Waals surface area contributed by atoms with E-state index >= 15 is 0 Å². The number of carbonyl (C=O) groups is 3. The number of nitrogens with zero attached hydrogens (tertiary/aromatic N) is 3. The minimum absolute atomic E-state index is 0.0119. The van der Waals surface area contributed by atoms with Crippen LogP contribution in [0.1, 0.15) is 25.1 Å². The molecule has 1 amide bonds. The maximum absolute atomic E-state index is 12.5. The molecule has 0 fully saturated rings. The number of fused-ring (bicyclic) bond motifs is 3. The van der Waals surface area contributed by atoms with Gasteiger partial charge in [-0.25, -0.2) is 0 Å². The number of benzene rings is 1. The average Bonchev–Trinajstić information content (AvgIpc) is 3.39. The lowest BCUT2D eigenvalue weighted by atomic mass is 9.99. The molecule has 0 radical (unpaired) electrons. The number of aromatic nitrogens is 3. The summed E-state index contributed by atoms with van der Waals surface area (Å²) in [7, 11) is 0. The van der Waals surface area contributed by atoms with Gasteiger partial charge in [-0.3, -0.25) is 19.1 Å². The van der Waals surface area contributed by atoms with Crippen molar-refractivity contribution in [3.8, 4) is 11.3 Å². The highest BCUT2D eigenvalue weighted by Gasteiger charge is 2.28. The number of rotatable bonds is 6. The summed E-state index contributed by atoms with van der Waals surface area (Å²) in [5.41, 5.74) is 3.86. The molecule has 2 aromatic heterocycles. The topological polar surface area (TPSA) is 107 Å². The molecule has 0 aliphatic carbocycles. The predicted molar refractivity (Wildman–Crippen MR) is 122 cm³/mol. The quantitative estimate of drug-likeness (QED) is 0.528. The van der Waals surface area contributed by atoms with Crippen molar-refractivity contribution in [1.82, 2.24) is 19.7 Å². The lowest BCUT2D eigenvalue weighted by Crippen LogP contribution is -2.38. The molecular formula is C22H22Cl2N4O5. The van der Waals surface area contributed by atoms with Crippen LogP contribution in [-0.2, 0) is 43.4 Å². The number of nitrogens with one attached hydrogen (secondary N) is 1. The lowest BCUT2D eigenvalue weighted by Gasteiger charge is -2.27. The van der Waals surface area contributed by atoms with E-state index in [4.69, 9.17) is 32.7 Å². The first kappa shape index (κ1) is 23.1. The van der Waals surface area contributed by atoms with Gasteiger partial charge in [0, 0.05) is 54.8 Å². The van der Waals surface area contributed by atoms with Gasteiger partial charge in [0.25, 0.3) is 5.91 Å². The number of hydrogen-bond acceptors (Lipinski definition) is 6. The van der Waals surface area contributed by atoms with Crippen molar-refractivity contribution >= 4 is 52.0 Å². The summed E-state index contributed by atoms with van der Waals surface area (Å²) in [4.78, 5) is 40.4. The molecule has 11 heteroatoms. The fraction of sp³-hybridized carbons (Fsp3) is 0.364. The van der Waals surface area contributed by atoms with Crippen molar-refractivity contribution in [3.05, 3.63) is 39.6 Å². The molecule has 3 aromatic rings. The van der Waals surface area contributed by atoms with Crippen LogP contribution in [0.4, 0.5) is 0 Å². The number of amides is 1.